The van der Waals surface area contributed by atoms with Crippen LogP contribution in [-0.4, -0.2) is 46.1 Å². The lowest BCUT2D eigenvalue weighted by atomic mass is 9.99. The number of benzene rings is 1. The van der Waals surface area contributed by atoms with Gasteiger partial charge >= 0.3 is 0 Å². The molecule has 0 saturated carbocycles. The molecule has 6 nitrogen and oxygen atoms in total. The van der Waals surface area contributed by atoms with Gasteiger partial charge < -0.3 is 9.64 Å². The summed E-state index contributed by atoms with van der Waals surface area (Å²) in [6, 6.07) is 8.47. The zero-order valence-electron chi connectivity index (χ0n) is 21.6. The molecule has 1 saturated heterocycles. The van der Waals surface area contributed by atoms with Crippen molar-refractivity contribution < 1.29 is 4.74 Å². The molecular weight excluding hydrogens is 446 g/mol. The molecule has 0 amide bonds. The van der Waals surface area contributed by atoms with Gasteiger partial charge in [-0.2, -0.15) is 10.1 Å². The van der Waals surface area contributed by atoms with Crippen LogP contribution in [0.2, 0.25) is 0 Å². The predicted octanol–water partition coefficient (Wildman–Crippen LogP) is 6.11. The molecule has 3 aromatic rings. The van der Waals surface area contributed by atoms with Crippen molar-refractivity contribution in [3.63, 3.8) is 0 Å². The van der Waals surface area contributed by atoms with Gasteiger partial charge in [0.1, 0.15) is 5.82 Å². The maximum atomic E-state index is 5.63. The molecule has 36 heavy (non-hydrogen) atoms. The molecule has 0 N–H and O–H groups in total. The third-order valence-electron chi connectivity index (χ3n) is 6.73. The highest BCUT2D eigenvalue weighted by atomic mass is 16.5. The lowest BCUT2D eigenvalue weighted by Crippen LogP contribution is -2.37. The molecule has 1 aromatic carbocycles. The molecule has 2 aromatic heterocycles. The van der Waals surface area contributed by atoms with Gasteiger partial charge in [0.2, 0.25) is 0 Å². The number of nitrogens with zero attached hydrogens (tertiary/aromatic N) is 5. The minimum absolute atomic E-state index is 0.610. The lowest BCUT2D eigenvalue weighted by Gasteiger charge is -2.29. The first kappa shape index (κ1) is 24.2. The number of hydrogen-bond acceptors (Lipinski definition) is 5. The average molecular weight is 482 g/mol. The molecule has 6 heteroatoms. The van der Waals surface area contributed by atoms with Gasteiger partial charge in [-0.1, -0.05) is 68.3 Å². The van der Waals surface area contributed by atoms with Crippen molar-refractivity contribution >= 4 is 11.9 Å². The van der Waals surface area contributed by atoms with Gasteiger partial charge in [0.25, 0.3) is 5.95 Å². The second-order valence-electron chi connectivity index (χ2n) is 9.48. The van der Waals surface area contributed by atoms with Crippen molar-refractivity contribution in [2.75, 3.05) is 31.2 Å². The summed E-state index contributed by atoms with van der Waals surface area (Å²) in [7, 11) is 0. The number of anilines is 1. The largest absolute Gasteiger partial charge is 0.378 e. The second kappa shape index (κ2) is 11.0. The molecule has 3 heterocycles. The van der Waals surface area contributed by atoms with E-state index >= 15 is 0 Å². The minimum Gasteiger partial charge on any atom is -0.378 e. The summed E-state index contributed by atoms with van der Waals surface area (Å²) >= 11 is 0. The number of aryl methyl sites for hydroxylation is 1. The third-order valence-corrected chi connectivity index (χ3v) is 6.73. The van der Waals surface area contributed by atoms with Crippen LogP contribution in [0, 0.1) is 6.92 Å². The lowest BCUT2D eigenvalue weighted by molar-refractivity contribution is 0.122. The quantitative estimate of drug-likeness (QED) is 0.364. The molecule has 186 valence electrons. The molecule has 1 fully saturated rings. The molecule has 0 bridgehead atoms. The molecule has 0 spiro atoms. The summed E-state index contributed by atoms with van der Waals surface area (Å²) in [6.45, 7) is 9.62. The van der Waals surface area contributed by atoms with Crippen molar-refractivity contribution in [3.05, 3.63) is 82.9 Å². The number of allylic oxidation sites excluding steroid dienone is 5. The zero-order chi connectivity index (χ0) is 24.9. The van der Waals surface area contributed by atoms with Crippen LogP contribution in [-0.2, 0) is 11.2 Å². The summed E-state index contributed by atoms with van der Waals surface area (Å²) in [5, 5.41) is 4.64. The van der Waals surface area contributed by atoms with E-state index in [1.165, 1.54) is 22.3 Å². The Morgan fingerprint density at radius 1 is 1.11 bits per heavy atom. The Bertz CT molecular complexity index is 1310. The fourth-order valence-electron chi connectivity index (χ4n) is 4.86. The third kappa shape index (κ3) is 5.19. The van der Waals surface area contributed by atoms with Crippen LogP contribution in [0.4, 0.5) is 5.82 Å². The van der Waals surface area contributed by atoms with Gasteiger partial charge in [-0.15, -0.1) is 0 Å². The SMILES string of the molecule is CC/C=C/C=C(\CCC)C1=Cc2nc(-n3cc(-c4cccc(C)c4)cn3)nc(N3CCOCC3)c2C1. The maximum Gasteiger partial charge on any atom is 0.253 e. The second-order valence-corrected chi connectivity index (χ2v) is 9.48. The van der Waals surface area contributed by atoms with Crippen LogP contribution >= 0.6 is 0 Å². The van der Waals surface area contributed by atoms with Gasteiger partial charge in [-0.3, -0.25) is 0 Å². The van der Waals surface area contributed by atoms with Crippen LogP contribution in [0.3, 0.4) is 0 Å². The summed E-state index contributed by atoms with van der Waals surface area (Å²) in [4.78, 5) is 12.4. The first-order valence-corrected chi connectivity index (χ1v) is 13.1. The number of morpholine rings is 1. The molecule has 0 unspecified atom stereocenters. The fraction of sp³-hybridized carbons (Fsp3) is 0.367. The van der Waals surface area contributed by atoms with E-state index in [0.717, 1.165) is 74.6 Å². The Morgan fingerprint density at radius 3 is 2.75 bits per heavy atom. The van der Waals surface area contributed by atoms with Crippen molar-refractivity contribution in [1.82, 2.24) is 19.7 Å². The summed E-state index contributed by atoms with van der Waals surface area (Å²) < 4.78 is 7.44. The number of hydrogen-bond donors (Lipinski definition) is 0. The topological polar surface area (TPSA) is 56.1 Å². The predicted molar refractivity (Wildman–Crippen MR) is 146 cm³/mol. The standard InChI is InChI=1S/C30H35N5O/c1-4-6-7-11-23(9-5-2)25-18-27-28(19-25)32-30(33-29(27)34-13-15-36-16-14-34)35-21-26(20-31-35)24-12-8-10-22(3)17-24/h6-8,10-12,17,19-21H,4-5,9,13-16,18H2,1-3H3/b7-6+,23-11+. The molecule has 2 aliphatic rings. The Hall–Kier alpha value is -3.51. The Balaban J connectivity index is 1.54. The van der Waals surface area contributed by atoms with E-state index in [9.17, 15) is 0 Å². The molecule has 1 aliphatic carbocycles. The van der Waals surface area contributed by atoms with E-state index in [2.05, 4.69) is 79.3 Å². The van der Waals surface area contributed by atoms with Gasteiger partial charge in [-0.25, -0.2) is 9.67 Å². The molecular formula is C30H35N5O. The van der Waals surface area contributed by atoms with Crippen LogP contribution in [0.1, 0.15) is 49.9 Å². The molecule has 0 radical (unpaired) electrons. The van der Waals surface area contributed by atoms with Crippen LogP contribution < -0.4 is 4.90 Å². The number of ether oxygens (including phenoxy) is 1. The maximum absolute atomic E-state index is 5.63. The molecule has 5 rings (SSSR count). The smallest absolute Gasteiger partial charge is 0.253 e. The van der Waals surface area contributed by atoms with E-state index in [-0.39, 0.29) is 0 Å². The van der Waals surface area contributed by atoms with Gasteiger partial charge in [-0.05, 0) is 42.6 Å². The summed E-state index contributed by atoms with van der Waals surface area (Å²) in [6.07, 6.45) is 16.9. The first-order chi connectivity index (χ1) is 17.7. The van der Waals surface area contributed by atoms with Crippen LogP contribution in [0.15, 0.2) is 66.0 Å². The van der Waals surface area contributed by atoms with Crippen molar-refractivity contribution in [2.45, 2.75) is 46.5 Å². The van der Waals surface area contributed by atoms with E-state index in [4.69, 9.17) is 14.7 Å². The summed E-state index contributed by atoms with van der Waals surface area (Å²) in [5.41, 5.74) is 8.38. The van der Waals surface area contributed by atoms with Crippen LogP contribution in [0.5, 0.6) is 0 Å². The first-order valence-electron chi connectivity index (χ1n) is 13.1. The average Bonchev–Trinajstić information content (AvgIpc) is 3.56. The summed E-state index contributed by atoms with van der Waals surface area (Å²) in [5.74, 6) is 1.62. The highest BCUT2D eigenvalue weighted by Gasteiger charge is 2.26. The Labute approximate surface area is 214 Å². The van der Waals surface area contributed by atoms with Crippen molar-refractivity contribution in [2.24, 2.45) is 0 Å². The van der Waals surface area contributed by atoms with Crippen LogP contribution in [0.25, 0.3) is 23.2 Å². The molecule has 1 aliphatic heterocycles. The van der Waals surface area contributed by atoms with Gasteiger partial charge in [0.05, 0.1) is 25.1 Å². The van der Waals surface area contributed by atoms with Gasteiger partial charge in [0.15, 0.2) is 0 Å². The number of rotatable bonds is 8. The number of aromatic nitrogens is 4. The van der Waals surface area contributed by atoms with Crippen molar-refractivity contribution in [3.8, 4) is 17.1 Å². The molecule has 0 atom stereocenters. The van der Waals surface area contributed by atoms with E-state index in [1.807, 2.05) is 12.4 Å². The fourth-order valence-corrected chi connectivity index (χ4v) is 4.86. The Kier molecular flexibility index (Phi) is 7.42. The number of fused-ring (bicyclic) bond motifs is 1. The monoisotopic (exact) mass is 481 g/mol. The van der Waals surface area contributed by atoms with E-state index < -0.39 is 0 Å². The highest BCUT2D eigenvalue weighted by Crippen LogP contribution is 2.36. The zero-order valence-corrected chi connectivity index (χ0v) is 21.6. The van der Waals surface area contributed by atoms with Gasteiger partial charge in [0, 0.05) is 36.8 Å². The minimum atomic E-state index is 0.610. The van der Waals surface area contributed by atoms with Crippen molar-refractivity contribution in [1.29, 1.82) is 0 Å². The van der Waals surface area contributed by atoms with E-state index in [1.54, 1.807) is 4.68 Å². The highest BCUT2D eigenvalue weighted by molar-refractivity contribution is 5.72. The Morgan fingerprint density at radius 2 is 1.97 bits per heavy atom. The normalized spacial score (nSPS) is 16.0. The van der Waals surface area contributed by atoms with E-state index in [0.29, 0.717) is 5.95 Å².